The van der Waals surface area contributed by atoms with E-state index in [0.29, 0.717) is 29.0 Å². The molecule has 0 radical (unpaired) electrons. The Morgan fingerprint density at radius 2 is 2.00 bits per heavy atom. The molecule has 2 fully saturated rings. The minimum Gasteiger partial charge on any atom is -0.474 e. The van der Waals surface area contributed by atoms with Crippen molar-refractivity contribution < 1.29 is 9.53 Å². The number of anilines is 1. The van der Waals surface area contributed by atoms with Crippen LogP contribution < -0.4 is 15.8 Å². The highest BCUT2D eigenvalue weighted by Gasteiger charge is 2.54. The Morgan fingerprint density at radius 3 is 2.65 bits per heavy atom. The predicted octanol–water partition coefficient (Wildman–Crippen LogP) is 1.64. The molecule has 0 saturated heterocycles. The number of ether oxygens (including phenoxy) is 1. The van der Waals surface area contributed by atoms with E-state index in [0.717, 1.165) is 25.7 Å². The molecular formula is C18H18N6O2. The van der Waals surface area contributed by atoms with Gasteiger partial charge in [0.05, 0.1) is 18.0 Å². The Kier molecular flexibility index (Phi) is 3.92. The van der Waals surface area contributed by atoms with Crippen molar-refractivity contribution in [2.75, 3.05) is 5.32 Å². The summed E-state index contributed by atoms with van der Waals surface area (Å²) in [6, 6.07) is 5.63. The summed E-state index contributed by atoms with van der Waals surface area (Å²) < 4.78 is 5.87. The molecule has 2 aliphatic carbocycles. The lowest BCUT2D eigenvalue weighted by molar-refractivity contribution is -0.0760. The maximum absolute atomic E-state index is 11.4. The minimum atomic E-state index is -0.530. The highest BCUT2D eigenvalue weighted by atomic mass is 16.5. The van der Waals surface area contributed by atoms with Gasteiger partial charge in [-0.25, -0.2) is 15.0 Å². The monoisotopic (exact) mass is 350 g/mol. The van der Waals surface area contributed by atoms with E-state index < -0.39 is 5.91 Å². The van der Waals surface area contributed by atoms with E-state index in [1.54, 1.807) is 18.3 Å². The summed E-state index contributed by atoms with van der Waals surface area (Å²) in [6.45, 7) is 0. The van der Waals surface area contributed by atoms with Crippen LogP contribution in [0.4, 0.5) is 5.95 Å². The highest BCUT2D eigenvalue weighted by molar-refractivity contribution is 5.94. The Hall–Kier alpha value is -3.21. The zero-order valence-electron chi connectivity index (χ0n) is 14.1. The Morgan fingerprint density at radius 1 is 1.27 bits per heavy atom. The van der Waals surface area contributed by atoms with Crippen molar-refractivity contribution in [3.8, 4) is 11.9 Å². The fourth-order valence-corrected chi connectivity index (χ4v) is 3.88. The second-order valence-corrected chi connectivity index (χ2v) is 7.03. The summed E-state index contributed by atoms with van der Waals surface area (Å²) in [5, 5.41) is 12.1. The molecule has 3 N–H and O–H groups in total. The number of primary amides is 1. The smallest absolute Gasteiger partial charge is 0.254 e. The van der Waals surface area contributed by atoms with Crippen LogP contribution in [-0.4, -0.2) is 33.0 Å². The predicted molar refractivity (Wildman–Crippen MR) is 92.2 cm³/mol. The molecule has 0 bridgehead atoms. The van der Waals surface area contributed by atoms with Gasteiger partial charge in [0, 0.05) is 12.2 Å². The van der Waals surface area contributed by atoms with Gasteiger partial charge in [0.15, 0.2) is 0 Å². The van der Waals surface area contributed by atoms with Crippen molar-refractivity contribution >= 4 is 11.9 Å². The first-order valence-corrected chi connectivity index (χ1v) is 8.47. The van der Waals surface area contributed by atoms with Gasteiger partial charge in [-0.2, -0.15) is 5.26 Å². The van der Waals surface area contributed by atoms with Crippen molar-refractivity contribution in [1.29, 1.82) is 5.26 Å². The molecule has 0 atom stereocenters. The molecule has 4 rings (SSSR count). The maximum atomic E-state index is 11.4. The number of nitrogens with zero attached hydrogens (tertiary/aromatic N) is 4. The number of carbonyl (C=O) groups is 1. The average molecular weight is 350 g/mol. The molecule has 1 amide bonds. The third kappa shape index (κ3) is 3.04. The molecule has 26 heavy (non-hydrogen) atoms. The normalized spacial score (nSPS) is 26.3. The van der Waals surface area contributed by atoms with Crippen LogP contribution in [-0.2, 0) is 0 Å². The van der Waals surface area contributed by atoms with Crippen molar-refractivity contribution in [2.45, 2.75) is 37.8 Å². The van der Waals surface area contributed by atoms with E-state index in [4.69, 9.17) is 15.7 Å². The second kappa shape index (κ2) is 6.26. The van der Waals surface area contributed by atoms with Crippen LogP contribution in [0.1, 0.15) is 41.6 Å². The molecule has 1 spiro atoms. The third-order valence-corrected chi connectivity index (χ3v) is 5.11. The molecule has 2 aliphatic rings. The van der Waals surface area contributed by atoms with Crippen LogP contribution in [0.2, 0.25) is 0 Å². The molecule has 8 heteroatoms. The van der Waals surface area contributed by atoms with Crippen molar-refractivity contribution in [1.82, 2.24) is 15.0 Å². The summed E-state index contributed by atoms with van der Waals surface area (Å²) in [6.07, 6.45) is 8.62. The molecule has 0 unspecified atom stereocenters. The van der Waals surface area contributed by atoms with Crippen LogP contribution in [0, 0.1) is 16.7 Å². The molecule has 132 valence electrons. The third-order valence-electron chi connectivity index (χ3n) is 5.11. The standard InChI is InChI=1S/C18H18N6O2/c19-8-11-9-22-17(23-10-11)24-12-4-18(5-12)6-13(7-18)26-16-14(15(20)25)2-1-3-21-16/h1-3,9-10,12-13H,4-7H2,(H2,20,25)(H,22,23,24). The summed E-state index contributed by atoms with van der Waals surface area (Å²) in [4.78, 5) is 23.8. The zero-order valence-corrected chi connectivity index (χ0v) is 14.1. The summed E-state index contributed by atoms with van der Waals surface area (Å²) in [5.41, 5.74) is 6.41. The lowest BCUT2D eigenvalue weighted by Crippen LogP contribution is -2.56. The fourth-order valence-electron chi connectivity index (χ4n) is 3.88. The number of nitrogens with two attached hydrogens (primary N) is 1. The Labute approximate surface area is 150 Å². The lowest BCUT2D eigenvalue weighted by atomic mass is 9.53. The molecule has 2 aromatic heterocycles. The quantitative estimate of drug-likeness (QED) is 0.839. The molecular weight excluding hydrogens is 332 g/mol. The molecule has 2 aromatic rings. The van der Waals surface area contributed by atoms with Gasteiger partial charge in [-0.05, 0) is 43.2 Å². The molecule has 2 saturated carbocycles. The number of nitrogens with one attached hydrogen (secondary N) is 1. The van der Waals surface area contributed by atoms with Gasteiger partial charge in [0.1, 0.15) is 17.7 Å². The van der Waals surface area contributed by atoms with Crippen LogP contribution in [0.15, 0.2) is 30.7 Å². The number of nitriles is 1. The van der Waals surface area contributed by atoms with E-state index in [1.165, 1.54) is 12.4 Å². The van der Waals surface area contributed by atoms with Crippen molar-refractivity contribution in [3.63, 3.8) is 0 Å². The van der Waals surface area contributed by atoms with E-state index in [-0.39, 0.29) is 11.5 Å². The lowest BCUT2D eigenvalue weighted by Gasteiger charge is -2.57. The fraction of sp³-hybridized carbons (Fsp3) is 0.389. The first-order valence-electron chi connectivity index (χ1n) is 8.47. The van der Waals surface area contributed by atoms with Crippen LogP contribution in [0.3, 0.4) is 0 Å². The molecule has 8 nitrogen and oxygen atoms in total. The molecule has 0 aromatic carbocycles. The van der Waals surface area contributed by atoms with Gasteiger partial charge in [0.2, 0.25) is 11.8 Å². The van der Waals surface area contributed by atoms with Gasteiger partial charge >= 0.3 is 0 Å². The number of amides is 1. The minimum absolute atomic E-state index is 0.0649. The van der Waals surface area contributed by atoms with Gasteiger partial charge in [-0.1, -0.05) is 0 Å². The van der Waals surface area contributed by atoms with Crippen molar-refractivity contribution in [3.05, 3.63) is 41.9 Å². The first kappa shape index (κ1) is 16.3. The molecule has 2 heterocycles. The van der Waals surface area contributed by atoms with E-state index in [1.807, 2.05) is 6.07 Å². The zero-order chi connectivity index (χ0) is 18.1. The molecule has 0 aliphatic heterocycles. The van der Waals surface area contributed by atoms with Crippen LogP contribution in [0.5, 0.6) is 5.88 Å². The van der Waals surface area contributed by atoms with Crippen molar-refractivity contribution in [2.24, 2.45) is 11.1 Å². The number of pyridine rings is 1. The van der Waals surface area contributed by atoms with E-state index in [9.17, 15) is 4.79 Å². The summed E-state index contributed by atoms with van der Waals surface area (Å²) >= 11 is 0. The van der Waals surface area contributed by atoms with Crippen LogP contribution in [0.25, 0.3) is 0 Å². The number of rotatable bonds is 5. The van der Waals surface area contributed by atoms with Gasteiger partial charge < -0.3 is 15.8 Å². The van der Waals surface area contributed by atoms with Gasteiger partial charge in [0.25, 0.3) is 5.91 Å². The Balaban J connectivity index is 1.27. The maximum Gasteiger partial charge on any atom is 0.254 e. The number of aromatic nitrogens is 3. The highest BCUT2D eigenvalue weighted by Crippen LogP contribution is 2.57. The second-order valence-electron chi connectivity index (χ2n) is 7.03. The van der Waals surface area contributed by atoms with E-state index in [2.05, 4.69) is 20.3 Å². The van der Waals surface area contributed by atoms with Gasteiger partial charge in [-0.3, -0.25) is 4.79 Å². The Bertz CT molecular complexity index is 862. The first-order chi connectivity index (χ1) is 12.6. The summed E-state index contributed by atoms with van der Waals surface area (Å²) in [7, 11) is 0. The largest absolute Gasteiger partial charge is 0.474 e. The van der Waals surface area contributed by atoms with E-state index >= 15 is 0 Å². The number of hydrogen-bond donors (Lipinski definition) is 2. The van der Waals surface area contributed by atoms with Gasteiger partial charge in [-0.15, -0.1) is 0 Å². The SMILES string of the molecule is N#Cc1cnc(NC2CC3(C2)CC(Oc2ncccc2C(N)=O)C3)nc1. The average Bonchev–Trinajstić information content (AvgIpc) is 2.59. The number of carbonyl (C=O) groups excluding carboxylic acids is 1. The topological polar surface area (TPSA) is 127 Å². The number of hydrogen-bond acceptors (Lipinski definition) is 7. The van der Waals surface area contributed by atoms with Crippen LogP contribution >= 0.6 is 0 Å². The summed E-state index contributed by atoms with van der Waals surface area (Å²) in [5.74, 6) is 0.341.